The Morgan fingerprint density at radius 2 is 2.27 bits per heavy atom. The van der Waals surface area contributed by atoms with Crippen LogP contribution in [0.5, 0.6) is 0 Å². The molecule has 0 aromatic heterocycles. The molecule has 1 aromatic carbocycles. The van der Waals surface area contributed by atoms with Crippen LogP contribution in [0.2, 0.25) is 0 Å². The third-order valence-corrected chi connectivity index (χ3v) is 3.52. The van der Waals surface area contributed by atoms with Crippen LogP contribution in [0.4, 0.5) is 0 Å². The zero-order chi connectivity index (χ0) is 10.7. The van der Waals surface area contributed by atoms with Gasteiger partial charge in [0, 0.05) is 23.7 Å². The van der Waals surface area contributed by atoms with Crippen LogP contribution in [0.3, 0.4) is 0 Å². The first-order chi connectivity index (χ1) is 7.29. The Kier molecular flexibility index (Phi) is 3.78. The normalized spacial score (nSPS) is 26.5. The topological polar surface area (TPSA) is 32.3 Å². The highest BCUT2D eigenvalue weighted by Crippen LogP contribution is 2.27. The van der Waals surface area contributed by atoms with Gasteiger partial charge in [-0.05, 0) is 36.5 Å². The van der Waals surface area contributed by atoms with Gasteiger partial charge in [-0.1, -0.05) is 28.1 Å². The maximum absolute atomic E-state index is 9.04. The lowest BCUT2D eigenvalue weighted by molar-refractivity contribution is 0.184. The molecule has 2 rings (SSSR count). The number of hydrogen-bond donors (Lipinski definition) is 2. The van der Waals surface area contributed by atoms with Gasteiger partial charge < -0.3 is 10.4 Å². The van der Waals surface area contributed by atoms with Gasteiger partial charge in [0.25, 0.3) is 0 Å². The summed E-state index contributed by atoms with van der Waals surface area (Å²) < 4.78 is 1.13. The summed E-state index contributed by atoms with van der Waals surface area (Å²) in [6.45, 7) is 1.23. The summed E-state index contributed by atoms with van der Waals surface area (Å²) in [4.78, 5) is 0. The number of piperidine rings is 1. The van der Waals surface area contributed by atoms with E-state index in [1.54, 1.807) is 0 Å². The van der Waals surface area contributed by atoms with Crippen LogP contribution in [0.25, 0.3) is 0 Å². The first-order valence-electron chi connectivity index (χ1n) is 5.39. The molecule has 2 atom stereocenters. The molecular formula is C12H16BrNO. The van der Waals surface area contributed by atoms with Gasteiger partial charge in [-0.2, -0.15) is 0 Å². The fraction of sp³-hybridized carbons (Fsp3) is 0.500. The second-order valence-corrected chi connectivity index (χ2v) is 5.06. The molecule has 1 aromatic rings. The van der Waals surface area contributed by atoms with Crippen LogP contribution in [0, 0.1) is 5.92 Å². The zero-order valence-electron chi connectivity index (χ0n) is 8.62. The van der Waals surface area contributed by atoms with Crippen molar-refractivity contribution in [3.05, 3.63) is 34.3 Å². The summed E-state index contributed by atoms with van der Waals surface area (Å²) in [7, 11) is 0. The van der Waals surface area contributed by atoms with Crippen LogP contribution < -0.4 is 5.32 Å². The molecule has 82 valence electrons. The van der Waals surface area contributed by atoms with Crippen molar-refractivity contribution in [3.8, 4) is 0 Å². The highest BCUT2D eigenvalue weighted by molar-refractivity contribution is 9.10. The highest BCUT2D eigenvalue weighted by Gasteiger charge is 2.20. The molecule has 1 aliphatic heterocycles. The van der Waals surface area contributed by atoms with E-state index in [2.05, 4.69) is 39.4 Å². The van der Waals surface area contributed by atoms with Crippen molar-refractivity contribution in [2.75, 3.05) is 13.2 Å². The summed E-state index contributed by atoms with van der Waals surface area (Å²) in [6.07, 6.45) is 2.22. The van der Waals surface area contributed by atoms with E-state index in [0.29, 0.717) is 18.6 Å². The molecule has 3 heteroatoms. The molecule has 2 unspecified atom stereocenters. The standard InChI is InChI=1S/C12H16BrNO/c13-11-3-1-2-10(6-11)12-5-4-9(8-15)7-14-12/h1-3,6,9,12,14-15H,4-5,7-8H2. The number of benzene rings is 1. The van der Waals surface area contributed by atoms with Gasteiger partial charge in [0.05, 0.1) is 0 Å². The number of aliphatic hydroxyl groups excluding tert-OH is 1. The van der Waals surface area contributed by atoms with Crippen molar-refractivity contribution in [2.45, 2.75) is 18.9 Å². The predicted molar refractivity (Wildman–Crippen MR) is 64.7 cm³/mol. The Morgan fingerprint density at radius 3 is 2.87 bits per heavy atom. The summed E-state index contributed by atoms with van der Waals surface area (Å²) in [5.74, 6) is 0.438. The molecule has 1 heterocycles. The van der Waals surface area contributed by atoms with Crippen LogP contribution in [-0.2, 0) is 0 Å². The maximum atomic E-state index is 9.04. The molecular weight excluding hydrogens is 254 g/mol. The van der Waals surface area contributed by atoms with Crippen LogP contribution in [0.1, 0.15) is 24.4 Å². The second-order valence-electron chi connectivity index (χ2n) is 4.14. The number of rotatable bonds is 2. The van der Waals surface area contributed by atoms with E-state index in [4.69, 9.17) is 5.11 Å². The largest absolute Gasteiger partial charge is 0.396 e. The number of hydrogen-bond acceptors (Lipinski definition) is 2. The van der Waals surface area contributed by atoms with E-state index in [1.807, 2.05) is 6.07 Å². The van der Waals surface area contributed by atoms with Gasteiger partial charge in [0.2, 0.25) is 0 Å². The van der Waals surface area contributed by atoms with E-state index in [1.165, 1.54) is 5.56 Å². The zero-order valence-corrected chi connectivity index (χ0v) is 10.2. The van der Waals surface area contributed by atoms with Crippen molar-refractivity contribution in [1.29, 1.82) is 0 Å². The molecule has 1 fully saturated rings. The van der Waals surface area contributed by atoms with Gasteiger partial charge in [0.1, 0.15) is 0 Å². The van der Waals surface area contributed by atoms with E-state index >= 15 is 0 Å². The summed E-state index contributed by atoms with van der Waals surface area (Å²) in [5, 5.41) is 12.5. The van der Waals surface area contributed by atoms with Crippen LogP contribution in [-0.4, -0.2) is 18.3 Å². The molecule has 0 spiro atoms. The lowest BCUT2D eigenvalue weighted by Crippen LogP contribution is -2.34. The Morgan fingerprint density at radius 1 is 1.40 bits per heavy atom. The molecule has 2 N–H and O–H groups in total. The van der Waals surface area contributed by atoms with Gasteiger partial charge >= 0.3 is 0 Å². The highest BCUT2D eigenvalue weighted by atomic mass is 79.9. The molecule has 2 nitrogen and oxygen atoms in total. The average Bonchev–Trinajstić information content (AvgIpc) is 2.29. The van der Waals surface area contributed by atoms with E-state index < -0.39 is 0 Å². The van der Waals surface area contributed by atoms with Gasteiger partial charge in [0.15, 0.2) is 0 Å². The molecule has 0 radical (unpaired) electrons. The minimum atomic E-state index is 0.304. The molecule has 0 amide bonds. The smallest absolute Gasteiger partial charge is 0.0471 e. The Balaban J connectivity index is 2.01. The van der Waals surface area contributed by atoms with Crippen molar-refractivity contribution in [1.82, 2.24) is 5.32 Å². The lowest BCUT2D eigenvalue weighted by Gasteiger charge is -2.29. The monoisotopic (exact) mass is 269 g/mol. The summed E-state index contributed by atoms with van der Waals surface area (Å²) >= 11 is 3.49. The number of nitrogens with one attached hydrogen (secondary N) is 1. The second kappa shape index (κ2) is 5.10. The first-order valence-corrected chi connectivity index (χ1v) is 6.18. The minimum Gasteiger partial charge on any atom is -0.396 e. The molecule has 0 bridgehead atoms. The molecule has 0 saturated carbocycles. The van der Waals surface area contributed by atoms with Gasteiger partial charge in [-0.15, -0.1) is 0 Å². The number of halogens is 1. The van der Waals surface area contributed by atoms with Gasteiger partial charge in [-0.25, -0.2) is 0 Å². The maximum Gasteiger partial charge on any atom is 0.0471 e. The summed E-state index contributed by atoms with van der Waals surface area (Å²) in [6, 6.07) is 8.88. The summed E-state index contributed by atoms with van der Waals surface area (Å²) in [5.41, 5.74) is 1.33. The lowest BCUT2D eigenvalue weighted by atomic mass is 9.91. The minimum absolute atomic E-state index is 0.304. The fourth-order valence-corrected chi connectivity index (χ4v) is 2.50. The van der Waals surface area contributed by atoms with Gasteiger partial charge in [-0.3, -0.25) is 0 Å². The molecule has 1 aliphatic rings. The predicted octanol–water partition coefficient (Wildman–Crippen LogP) is 2.48. The van der Waals surface area contributed by atoms with Crippen LogP contribution in [0.15, 0.2) is 28.7 Å². The Hall–Kier alpha value is -0.380. The Bertz CT molecular complexity index is 321. The van der Waals surface area contributed by atoms with E-state index in [-0.39, 0.29) is 0 Å². The quantitative estimate of drug-likeness (QED) is 0.865. The molecule has 1 saturated heterocycles. The molecule has 15 heavy (non-hydrogen) atoms. The number of aliphatic hydroxyl groups is 1. The van der Waals surface area contributed by atoms with Crippen molar-refractivity contribution >= 4 is 15.9 Å². The molecule has 0 aliphatic carbocycles. The first kappa shape index (κ1) is 11.1. The third-order valence-electron chi connectivity index (χ3n) is 3.03. The van der Waals surface area contributed by atoms with Crippen molar-refractivity contribution < 1.29 is 5.11 Å². The Labute approximate surface area is 98.8 Å². The van der Waals surface area contributed by atoms with Crippen LogP contribution >= 0.6 is 15.9 Å². The van der Waals surface area contributed by atoms with E-state index in [9.17, 15) is 0 Å². The van der Waals surface area contributed by atoms with Crippen molar-refractivity contribution in [3.63, 3.8) is 0 Å². The fourth-order valence-electron chi connectivity index (χ4n) is 2.08. The third kappa shape index (κ3) is 2.80. The van der Waals surface area contributed by atoms with E-state index in [0.717, 1.165) is 23.9 Å². The SMILES string of the molecule is OCC1CCC(c2cccc(Br)c2)NC1. The van der Waals surface area contributed by atoms with Crippen molar-refractivity contribution in [2.24, 2.45) is 5.92 Å². The average molecular weight is 270 g/mol.